The molecule has 0 aromatic heterocycles. The van der Waals surface area contributed by atoms with E-state index in [4.69, 9.17) is 0 Å². The molecular formula is C20H18F3NO3. The Morgan fingerprint density at radius 3 is 1.81 bits per heavy atom. The Balaban J connectivity index is 2.29. The third kappa shape index (κ3) is 2.78. The van der Waals surface area contributed by atoms with Crippen LogP contribution in [0.2, 0.25) is 0 Å². The lowest BCUT2D eigenvalue weighted by Crippen LogP contribution is -2.55. The summed E-state index contributed by atoms with van der Waals surface area (Å²) in [4.78, 5) is 25.4. The molecule has 2 aromatic rings. The number of alkyl halides is 3. The standard InChI is InChI=1S/C20H18F3NO3/c1-10-4-6-13-14-7-5-11(2)9-16(14)19(18(26)27,15(13)8-10)17(25)24-12(3)20(21,22)23/h4-9,12H,1-3H3,(H,24,25)(H,26,27). The van der Waals surface area contributed by atoms with Gasteiger partial charge in [-0.1, -0.05) is 47.5 Å². The molecule has 0 saturated heterocycles. The zero-order valence-electron chi connectivity index (χ0n) is 14.9. The number of aliphatic carboxylic acids is 1. The van der Waals surface area contributed by atoms with Gasteiger partial charge in [0, 0.05) is 0 Å². The van der Waals surface area contributed by atoms with Gasteiger partial charge in [0.1, 0.15) is 6.04 Å². The van der Waals surface area contributed by atoms with Gasteiger partial charge >= 0.3 is 12.1 Å². The molecule has 0 radical (unpaired) electrons. The molecule has 2 N–H and O–H groups in total. The van der Waals surface area contributed by atoms with E-state index in [-0.39, 0.29) is 11.1 Å². The molecule has 1 atom stereocenters. The second-order valence-corrected chi connectivity index (χ2v) is 6.89. The van der Waals surface area contributed by atoms with E-state index >= 15 is 0 Å². The largest absolute Gasteiger partial charge is 0.480 e. The van der Waals surface area contributed by atoms with Crippen molar-refractivity contribution in [1.29, 1.82) is 0 Å². The maximum Gasteiger partial charge on any atom is 0.408 e. The van der Waals surface area contributed by atoms with Crippen LogP contribution in [0.1, 0.15) is 29.2 Å². The number of hydrogen-bond donors (Lipinski definition) is 2. The molecule has 0 aliphatic heterocycles. The summed E-state index contributed by atoms with van der Waals surface area (Å²) in [5, 5.41) is 11.9. The van der Waals surface area contributed by atoms with E-state index in [1.54, 1.807) is 50.2 Å². The Kier molecular flexibility index (Phi) is 4.29. The molecule has 7 heteroatoms. The lowest BCUT2D eigenvalue weighted by Gasteiger charge is -2.29. The molecule has 4 nitrogen and oxygen atoms in total. The smallest absolute Gasteiger partial charge is 0.408 e. The van der Waals surface area contributed by atoms with Gasteiger partial charge in [-0.15, -0.1) is 0 Å². The van der Waals surface area contributed by atoms with Crippen molar-refractivity contribution in [2.24, 2.45) is 0 Å². The van der Waals surface area contributed by atoms with E-state index in [1.807, 2.05) is 5.32 Å². The number of benzene rings is 2. The molecule has 3 rings (SSSR count). The average molecular weight is 377 g/mol. The predicted molar refractivity (Wildman–Crippen MR) is 93.4 cm³/mol. The van der Waals surface area contributed by atoms with Crippen LogP contribution in [0, 0.1) is 13.8 Å². The molecule has 0 spiro atoms. The number of amides is 1. The first-order valence-corrected chi connectivity index (χ1v) is 8.33. The van der Waals surface area contributed by atoms with Crippen molar-refractivity contribution in [3.63, 3.8) is 0 Å². The number of aryl methyl sites for hydroxylation is 2. The van der Waals surface area contributed by atoms with Gasteiger partial charge in [0.25, 0.3) is 0 Å². The summed E-state index contributed by atoms with van der Waals surface area (Å²) in [6.45, 7) is 4.26. The molecule has 1 aliphatic carbocycles. The minimum Gasteiger partial charge on any atom is -0.480 e. The summed E-state index contributed by atoms with van der Waals surface area (Å²) in [7, 11) is 0. The molecule has 0 heterocycles. The summed E-state index contributed by atoms with van der Waals surface area (Å²) in [6.07, 6.45) is -4.68. The highest BCUT2D eigenvalue weighted by atomic mass is 19.4. The van der Waals surface area contributed by atoms with Crippen molar-refractivity contribution in [3.8, 4) is 11.1 Å². The second kappa shape index (κ2) is 6.11. The summed E-state index contributed by atoms with van der Waals surface area (Å²) < 4.78 is 38.9. The van der Waals surface area contributed by atoms with Gasteiger partial charge < -0.3 is 10.4 Å². The highest BCUT2D eigenvalue weighted by Gasteiger charge is 2.57. The minimum atomic E-state index is -4.68. The molecule has 142 valence electrons. The number of carbonyl (C=O) groups is 2. The molecule has 27 heavy (non-hydrogen) atoms. The number of carboxylic acid groups (broad SMARTS) is 1. The van der Waals surface area contributed by atoms with E-state index in [1.165, 1.54) is 0 Å². The number of halogens is 3. The fourth-order valence-electron chi connectivity index (χ4n) is 3.51. The van der Waals surface area contributed by atoms with Crippen molar-refractivity contribution in [2.45, 2.75) is 38.4 Å². The van der Waals surface area contributed by atoms with E-state index in [2.05, 4.69) is 0 Å². The Bertz CT molecular complexity index is 898. The molecule has 1 aliphatic rings. The van der Waals surface area contributed by atoms with Gasteiger partial charge in [0.05, 0.1) is 0 Å². The number of hydrogen-bond acceptors (Lipinski definition) is 2. The van der Waals surface area contributed by atoms with Crippen LogP contribution in [0.3, 0.4) is 0 Å². The molecule has 1 unspecified atom stereocenters. The summed E-state index contributed by atoms with van der Waals surface area (Å²) in [6, 6.07) is 7.87. The van der Waals surface area contributed by atoms with Gasteiger partial charge in [0.2, 0.25) is 5.91 Å². The fourth-order valence-corrected chi connectivity index (χ4v) is 3.51. The highest BCUT2D eigenvalue weighted by molar-refractivity contribution is 6.16. The number of fused-ring (bicyclic) bond motifs is 3. The lowest BCUT2D eigenvalue weighted by atomic mass is 9.76. The van der Waals surface area contributed by atoms with Crippen molar-refractivity contribution >= 4 is 11.9 Å². The SMILES string of the molecule is Cc1ccc2c(c1)C(C(=O)O)(C(=O)NC(C)C(F)(F)F)c1cc(C)ccc1-2. The number of carboxylic acids is 1. The van der Waals surface area contributed by atoms with Crippen molar-refractivity contribution in [2.75, 3.05) is 0 Å². The maximum atomic E-state index is 13.0. The third-order valence-corrected chi connectivity index (χ3v) is 4.95. The maximum absolute atomic E-state index is 13.0. The van der Waals surface area contributed by atoms with Crippen LogP contribution in [0.25, 0.3) is 11.1 Å². The first-order valence-electron chi connectivity index (χ1n) is 8.33. The van der Waals surface area contributed by atoms with Crippen LogP contribution < -0.4 is 5.32 Å². The van der Waals surface area contributed by atoms with Gasteiger partial charge in [0.15, 0.2) is 5.41 Å². The molecule has 0 fully saturated rings. The first-order chi connectivity index (χ1) is 12.5. The summed E-state index contributed by atoms with van der Waals surface area (Å²) in [5.74, 6) is -2.71. The molecule has 2 aromatic carbocycles. The van der Waals surface area contributed by atoms with Gasteiger partial charge in [-0.05, 0) is 43.0 Å². The van der Waals surface area contributed by atoms with E-state index in [9.17, 15) is 27.9 Å². The van der Waals surface area contributed by atoms with Crippen molar-refractivity contribution < 1.29 is 27.9 Å². The van der Waals surface area contributed by atoms with Crippen LogP contribution in [0.4, 0.5) is 13.2 Å². The lowest BCUT2D eigenvalue weighted by molar-refractivity contribution is -0.162. The molecule has 1 amide bonds. The van der Waals surface area contributed by atoms with Crippen LogP contribution in [-0.4, -0.2) is 29.2 Å². The monoisotopic (exact) mass is 377 g/mol. The van der Waals surface area contributed by atoms with E-state index < -0.39 is 29.5 Å². The fraction of sp³-hybridized carbons (Fsp3) is 0.300. The van der Waals surface area contributed by atoms with Gasteiger partial charge in [-0.3, -0.25) is 9.59 Å². The molecular weight excluding hydrogens is 359 g/mol. The Labute approximate surface area is 154 Å². The second-order valence-electron chi connectivity index (χ2n) is 6.89. The number of carbonyl (C=O) groups excluding carboxylic acids is 1. The zero-order valence-corrected chi connectivity index (χ0v) is 14.9. The average Bonchev–Trinajstić information content (AvgIpc) is 2.83. The highest BCUT2D eigenvalue weighted by Crippen LogP contribution is 2.50. The van der Waals surface area contributed by atoms with Crippen LogP contribution >= 0.6 is 0 Å². The third-order valence-electron chi connectivity index (χ3n) is 4.95. The van der Waals surface area contributed by atoms with Crippen molar-refractivity contribution in [3.05, 3.63) is 58.7 Å². The Hall–Kier alpha value is -2.83. The normalized spacial score (nSPS) is 15.6. The van der Waals surface area contributed by atoms with Crippen LogP contribution in [0.5, 0.6) is 0 Å². The van der Waals surface area contributed by atoms with Crippen LogP contribution in [0.15, 0.2) is 36.4 Å². The van der Waals surface area contributed by atoms with Crippen molar-refractivity contribution in [1.82, 2.24) is 5.32 Å². The van der Waals surface area contributed by atoms with Gasteiger partial charge in [-0.25, -0.2) is 0 Å². The Morgan fingerprint density at radius 2 is 1.44 bits per heavy atom. The summed E-state index contributed by atoms with van der Waals surface area (Å²) >= 11 is 0. The number of nitrogens with one attached hydrogen (secondary N) is 1. The van der Waals surface area contributed by atoms with E-state index in [0.29, 0.717) is 22.3 Å². The predicted octanol–water partition coefficient (Wildman–Crippen LogP) is 3.72. The summed E-state index contributed by atoms with van der Waals surface area (Å²) in [5.41, 5.74) is 0.620. The molecule has 0 saturated carbocycles. The Morgan fingerprint density at radius 1 is 1.00 bits per heavy atom. The zero-order chi connectivity index (χ0) is 20.1. The molecule has 0 bridgehead atoms. The minimum absolute atomic E-state index is 0.183. The van der Waals surface area contributed by atoms with Gasteiger partial charge in [-0.2, -0.15) is 13.2 Å². The van der Waals surface area contributed by atoms with E-state index in [0.717, 1.165) is 6.92 Å². The first kappa shape index (κ1) is 18.9. The number of rotatable bonds is 3. The topological polar surface area (TPSA) is 66.4 Å². The quantitative estimate of drug-likeness (QED) is 0.802. The van der Waals surface area contributed by atoms with Crippen LogP contribution in [-0.2, 0) is 15.0 Å².